The third kappa shape index (κ3) is 4.08. The molecule has 2 aliphatic rings. The summed E-state index contributed by atoms with van der Waals surface area (Å²) in [6, 6.07) is 7.89. The van der Waals surface area contributed by atoms with Crippen molar-refractivity contribution in [3.8, 4) is 0 Å². The molecule has 1 aromatic rings. The van der Waals surface area contributed by atoms with Gasteiger partial charge >= 0.3 is 0 Å². The molecule has 5 nitrogen and oxygen atoms in total. The summed E-state index contributed by atoms with van der Waals surface area (Å²) in [6.07, 6.45) is 2.67. The number of amides is 1. The predicted octanol–water partition coefficient (Wildman–Crippen LogP) is 1.72. The van der Waals surface area contributed by atoms with Crippen LogP contribution in [0.5, 0.6) is 0 Å². The number of nitrogens with zero attached hydrogens (tertiary/aromatic N) is 2. The molecule has 1 aliphatic heterocycles. The van der Waals surface area contributed by atoms with Crippen molar-refractivity contribution >= 4 is 11.6 Å². The van der Waals surface area contributed by atoms with Crippen LogP contribution in [0.25, 0.3) is 0 Å². The van der Waals surface area contributed by atoms with E-state index in [0.717, 1.165) is 52.0 Å². The van der Waals surface area contributed by atoms with Crippen molar-refractivity contribution in [2.45, 2.75) is 32.3 Å². The number of likely N-dealkylation sites (N-methyl/N-ethyl adjacent to an activating group) is 1. The highest BCUT2D eigenvalue weighted by molar-refractivity contribution is 5.94. The largest absolute Gasteiger partial charge is 0.393 e. The molecule has 0 spiro atoms. The fraction of sp³-hybridized carbons (Fsp3) is 0.632. The Morgan fingerprint density at radius 1 is 1.17 bits per heavy atom. The second kappa shape index (κ2) is 7.99. The average molecular weight is 331 g/mol. The van der Waals surface area contributed by atoms with Crippen molar-refractivity contribution < 1.29 is 9.90 Å². The molecule has 5 heteroatoms. The van der Waals surface area contributed by atoms with Crippen molar-refractivity contribution in [2.75, 3.05) is 44.2 Å². The van der Waals surface area contributed by atoms with Gasteiger partial charge in [0.15, 0.2) is 0 Å². The molecule has 1 amide bonds. The van der Waals surface area contributed by atoms with E-state index in [2.05, 4.69) is 22.0 Å². The van der Waals surface area contributed by atoms with Crippen LogP contribution in [0.4, 0.5) is 5.69 Å². The van der Waals surface area contributed by atoms with Crippen LogP contribution in [-0.2, 0) is 0 Å². The molecular formula is C19H29N3O2. The summed E-state index contributed by atoms with van der Waals surface area (Å²) in [7, 11) is 0. The second-order valence-corrected chi connectivity index (χ2v) is 6.94. The molecule has 132 valence electrons. The Morgan fingerprint density at radius 2 is 1.88 bits per heavy atom. The van der Waals surface area contributed by atoms with Crippen LogP contribution in [0.2, 0.25) is 0 Å². The van der Waals surface area contributed by atoms with E-state index in [1.165, 1.54) is 5.69 Å². The van der Waals surface area contributed by atoms with Gasteiger partial charge in [0.1, 0.15) is 0 Å². The summed E-state index contributed by atoms with van der Waals surface area (Å²) >= 11 is 0. The van der Waals surface area contributed by atoms with Crippen LogP contribution in [0.15, 0.2) is 24.3 Å². The highest BCUT2D eigenvalue weighted by atomic mass is 16.3. The summed E-state index contributed by atoms with van der Waals surface area (Å²) < 4.78 is 0. The third-order valence-corrected chi connectivity index (χ3v) is 5.46. The standard InChI is InChI=1S/C19H29N3O2/c1-2-21-10-12-22(13-11-21)17-8-6-15(7-9-17)19(24)20-14-16-4-3-5-18(16)23/h6-9,16,18,23H,2-5,10-14H2,1H3,(H,20,24). The molecule has 1 saturated heterocycles. The number of aliphatic hydroxyl groups excluding tert-OH is 1. The fourth-order valence-corrected chi connectivity index (χ4v) is 3.73. The van der Waals surface area contributed by atoms with Gasteiger partial charge in [-0.15, -0.1) is 0 Å². The van der Waals surface area contributed by atoms with Crippen molar-refractivity contribution in [3.63, 3.8) is 0 Å². The molecular weight excluding hydrogens is 302 g/mol. The lowest BCUT2D eigenvalue weighted by Crippen LogP contribution is -2.46. The predicted molar refractivity (Wildman–Crippen MR) is 96.5 cm³/mol. The van der Waals surface area contributed by atoms with Gasteiger partial charge in [0, 0.05) is 49.9 Å². The number of carbonyl (C=O) groups is 1. The maximum absolute atomic E-state index is 12.3. The number of nitrogens with one attached hydrogen (secondary N) is 1. The monoisotopic (exact) mass is 331 g/mol. The van der Waals surface area contributed by atoms with E-state index in [-0.39, 0.29) is 17.9 Å². The van der Waals surface area contributed by atoms with E-state index in [1.54, 1.807) is 0 Å². The number of rotatable bonds is 5. The molecule has 1 heterocycles. The van der Waals surface area contributed by atoms with Crippen LogP contribution in [0, 0.1) is 5.92 Å². The first-order valence-corrected chi connectivity index (χ1v) is 9.21. The molecule has 0 bridgehead atoms. The first kappa shape index (κ1) is 17.2. The van der Waals surface area contributed by atoms with E-state index in [9.17, 15) is 9.90 Å². The number of carbonyl (C=O) groups excluding carboxylic acids is 1. The van der Waals surface area contributed by atoms with Crippen molar-refractivity contribution in [1.82, 2.24) is 10.2 Å². The summed E-state index contributed by atoms with van der Waals surface area (Å²) in [4.78, 5) is 17.1. The Bertz CT molecular complexity index is 538. The van der Waals surface area contributed by atoms with Gasteiger partial charge in [0.2, 0.25) is 0 Å². The Kier molecular flexibility index (Phi) is 5.74. The quantitative estimate of drug-likeness (QED) is 0.863. The number of aliphatic hydroxyl groups is 1. The zero-order chi connectivity index (χ0) is 16.9. The first-order chi connectivity index (χ1) is 11.7. The summed E-state index contributed by atoms with van der Waals surface area (Å²) in [6.45, 7) is 8.17. The van der Waals surface area contributed by atoms with Crippen molar-refractivity contribution in [3.05, 3.63) is 29.8 Å². The Morgan fingerprint density at radius 3 is 2.46 bits per heavy atom. The minimum absolute atomic E-state index is 0.0450. The summed E-state index contributed by atoms with van der Waals surface area (Å²) in [5.74, 6) is 0.166. The zero-order valence-electron chi connectivity index (χ0n) is 14.6. The minimum Gasteiger partial charge on any atom is -0.393 e. The molecule has 3 rings (SSSR count). The number of anilines is 1. The SMILES string of the molecule is CCN1CCN(c2ccc(C(=O)NCC3CCCC3O)cc2)CC1. The van der Waals surface area contributed by atoms with Crippen LogP contribution >= 0.6 is 0 Å². The van der Waals surface area contributed by atoms with Crippen molar-refractivity contribution in [1.29, 1.82) is 0 Å². The molecule has 2 fully saturated rings. The van der Waals surface area contributed by atoms with E-state index in [4.69, 9.17) is 0 Å². The van der Waals surface area contributed by atoms with Gasteiger partial charge in [0.05, 0.1) is 6.10 Å². The molecule has 2 unspecified atom stereocenters. The van der Waals surface area contributed by atoms with Crippen molar-refractivity contribution in [2.24, 2.45) is 5.92 Å². The molecule has 1 saturated carbocycles. The van der Waals surface area contributed by atoms with Gasteiger partial charge < -0.3 is 20.2 Å². The topological polar surface area (TPSA) is 55.8 Å². The lowest BCUT2D eigenvalue weighted by Gasteiger charge is -2.35. The van der Waals surface area contributed by atoms with E-state index in [1.807, 2.05) is 24.3 Å². The summed E-state index contributed by atoms with van der Waals surface area (Å²) in [5.41, 5.74) is 1.88. The van der Waals surface area contributed by atoms with Crippen LogP contribution < -0.4 is 10.2 Å². The highest BCUT2D eigenvalue weighted by Crippen LogP contribution is 2.24. The molecule has 2 atom stereocenters. The van der Waals surface area contributed by atoms with Crippen LogP contribution in [0.3, 0.4) is 0 Å². The van der Waals surface area contributed by atoms with E-state index in [0.29, 0.717) is 12.1 Å². The molecule has 24 heavy (non-hydrogen) atoms. The van der Waals surface area contributed by atoms with E-state index >= 15 is 0 Å². The molecule has 1 aromatic carbocycles. The second-order valence-electron chi connectivity index (χ2n) is 6.94. The summed E-state index contributed by atoms with van der Waals surface area (Å²) in [5, 5.41) is 12.8. The Balaban J connectivity index is 1.51. The number of hydrogen-bond acceptors (Lipinski definition) is 4. The fourth-order valence-electron chi connectivity index (χ4n) is 3.73. The average Bonchev–Trinajstić information content (AvgIpc) is 3.05. The smallest absolute Gasteiger partial charge is 0.251 e. The van der Waals surface area contributed by atoms with Crippen LogP contribution in [-0.4, -0.2) is 61.3 Å². The number of benzene rings is 1. The molecule has 0 aromatic heterocycles. The number of piperazine rings is 1. The normalized spacial score (nSPS) is 25.0. The number of hydrogen-bond donors (Lipinski definition) is 2. The van der Waals surface area contributed by atoms with Gasteiger partial charge in [0.25, 0.3) is 5.91 Å². The lowest BCUT2D eigenvalue weighted by molar-refractivity contribution is 0.0917. The van der Waals surface area contributed by atoms with Crippen LogP contribution in [0.1, 0.15) is 36.5 Å². The Hall–Kier alpha value is -1.59. The first-order valence-electron chi connectivity index (χ1n) is 9.21. The van der Waals surface area contributed by atoms with Gasteiger partial charge in [-0.3, -0.25) is 4.79 Å². The highest BCUT2D eigenvalue weighted by Gasteiger charge is 2.25. The molecule has 2 N–H and O–H groups in total. The molecule has 1 aliphatic carbocycles. The van der Waals surface area contributed by atoms with E-state index < -0.39 is 0 Å². The van der Waals surface area contributed by atoms with Gasteiger partial charge in [-0.2, -0.15) is 0 Å². The third-order valence-electron chi connectivity index (χ3n) is 5.46. The maximum Gasteiger partial charge on any atom is 0.251 e. The lowest BCUT2D eigenvalue weighted by atomic mass is 10.1. The van der Waals surface area contributed by atoms with Gasteiger partial charge in [-0.05, 0) is 43.7 Å². The minimum atomic E-state index is -0.255. The zero-order valence-corrected chi connectivity index (χ0v) is 14.6. The maximum atomic E-state index is 12.3. The molecule has 0 radical (unpaired) electrons. The Labute approximate surface area is 144 Å². The van der Waals surface area contributed by atoms with Gasteiger partial charge in [-0.25, -0.2) is 0 Å². The van der Waals surface area contributed by atoms with Gasteiger partial charge in [-0.1, -0.05) is 13.3 Å².